The van der Waals surface area contributed by atoms with E-state index in [0.717, 1.165) is 5.56 Å². The maximum absolute atomic E-state index is 12.5. The van der Waals surface area contributed by atoms with Crippen LogP contribution in [0.5, 0.6) is 5.75 Å². The van der Waals surface area contributed by atoms with Gasteiger partial charge >= 0.3 is 0 Å². The number of amides is 2. The van der Waals surface area contributed by atoms with Crippen LogP contribution in [0.1, 0.15) is 21.5 Å². The lowest BCUT2D eigenvalue weighted by Crippen LogP contribution is -2.40. The maximum atomic E-state index is 12.5. The Kier molecular flexibility index (Phi) is 7.03. The Hall–Kier alpha value is -3.57. The van der Waals surface area contributed by atoms with Gasteiger partial charge in [-0.15, -0.1) is 0 Å². The van der Waals surface area contributed by atoms with Crippen molar-refractivity contribution in [3.05, 3.63) is 107 Å². The molecule has 0 fully saturated rings. The molecule has 0 atom stereocenters. The maximum Gasteiger partial charge on any atom is 0.273 e. The summed E-state index contributed by atoms with van der Waals surface area (Å²) in [6.07, 6.45) is 2.86. The highest BCUT2D eigenvalue weighted by molar-refractivity contribution is 6.32. The normalized spacial score (nSPS) is 10.5. The van der Waals surface area contributed by atoms with Crippen LogP contribution in [0.2, 0.25) is 5.02 Å². The van der Waals surface area contributed by atoms with Crippen molar-refractivity contribution in [3.8, 4) is 5.75 Å². The van der Waals surface area contributed by atoms with Gasteiger partial charge in [0.15, 0.2) is 0 Å². The van der Waals surface area contributed by atoms with Gasteiger partial charge in [0.25, 0.3) is 11.8 Å². The number of hydrogen-bond donors (Lipinski definition) is 2. The molecule has 0 heterocycles. The van der Waals surface area contributed by atoms with Crippen molar-refractivity contribution in [1.29, 1.82) is 0 Å². The van der Waals surface area contributed by atoms with E-state index in [0.29, 0.717) is 28.5 Å². The van der Waals surface area contributed by atoms with Crippen molar-refractivity contribution < 1.29 is 14.3 Å². The molecule has 29 heavy (non-hydrogen) atoms. The molecule has 0 aromatic heterocycles. The van der Waals surface area contributed by atoms with Crippen LogP contribution in [0.4, 0.5) is 0 Å². The first kappa shape index (κ1) is 20.2. The molecule has 0 saturated heterocycles. The molecular weight excluding hydrogens is 388 g/mol. The van der Waals surface area contributed by atoms with E-state index in [1.54, 1.807) is 48.5 Å². The summed E-state index contributed by atoms with van der Waals surface area (Å²) in [6, 6.07) is 23.6. The number of rotatable bonds is 6. The fraction of sp³-hybridized carbons (Fsp3) is 0.0435. The fourth-order valence-corrected chi connectivity index (χ4v) is 2.72. The third kappa shape index (κ3) is 5.96. The fourth-order valence-electron chi connectivity index (χ4n) is 2.52. The van der Waals surface area contributed by atoms with Crippen molar-refractivity contribution in [3.63, 3.8) is 0 Å². The average molecular weight is 407 g/mol. The minimum atomic E-state index is -0.485. The van der Waals surface area contributed by atoms with Crippen LogP contribution in [-0.4, -0.2) is 11.8 Å². The number of para-hydroxylation sites is 1. The number of ether oxygens (including phenoxy) is 1. The molecule has 0 spiro atoms. The van der Waals surface area contributed by atoms with Gasteiger partial charge in [0.2, 0.25) is 0 Å². The van der Waals surface area contributed by atoms with E-state index < -0.39 is 11.8 Å². The number of nitrogens with one attached hydrogen (secondary N) is 2. The van der Waals surface area contributed by atoms with E-state index in [-0.39, 0.29) is 0 Å². The smallest absolute Gasteiger partial charge is 0.273 e. The Balaban J connectivity index is 1.58. The largest absolute Gasteiger partial charge is 0.488 e. The zero-order chi connectivity index (χ0) is 20.5. The molecule has 2 N–H and O–H groups in total. The zero-order valence-corrected chi connectivity index (χ0v) is 16.2. The van der Waals surface area contributed by atoms with Crippen molar-refractivity contribution in [2.24, 2.45) is 0 Å². The van der Waals surface area contributed by atoms with E-state index >= 15 is 0 Å². The summed E-state index contributed by atoms with van der Waals surface area (Å²) in [4.78, 5) is 24.4. The lowest BCUT2D eigenvalue weighted by Gasteiger charge is -2.12. The molecule has 0 aliphatic heterocycles. The minimum Gasteiger partial charge on any atom is -0.488 e. The molecule has 0 saturated carbocycles. The Morgan fingerprint density at radius 2 is 1.55 bits per heavy atom. The minimum absolute atomic E-state index is 0.318. The molecule has 5 nitrogen and oxygen atoms in total. The van der Waals surface area contributed by atoms with E-state index in [9.17, 15) is 9.59 Å². The topological polar surface area (TPSA) is 67.4 Å². The summed E-state index contributed by atoms with van der Waals surface area (Å²) in [5, 5.41) is 0.532. The second kappa shape index (κ2) is 10.1. The molecule has 3 aromatic carbocycles. The summed E-state index contributed by atoms with van der Waals surface area (Å²) in [6.45, 7) is 0.331. The first-order chi connectivity index (χ1) is 14.1. The predicted molar refractivity (Wildman–Crippen MR) is 113 cm³/mol. The van der Waals surface area contributed by atoms with Crippen molar-refractivity contribution in [2.45, 2.75) is 6.61 Å². The molecule has 0 unspecified atom stereocenters. The molecule has 146 valence electrons. The van der Waals surface area contributed by atoms with Gasteiger partial charge in [0, 0.05) is 11.1 Å². The molecule has 0 bridgehead atoms. The number of halogens is 1. The summed E-state index contributed by atoms with van der Waals surface area (Å²) >= 11 is 6.04. The molecule has 0 aliphatic carbocycles. The Morgan fingerprint density at radius 3 is 2.34 bits per heavy atom. The molecule has 3 rings (SSSR count). The van der Waals surface area contributed by atoms with E-state index in [1.807, 2.05) is 36.4 Å². The number of carbonyl (C=O) groups excluding carboxylic acids is 2. The number of hydrogen-bond acceptors (Lipinski definition) is 3. The van der Waals surface area contributed by atoms with E-state index in [4.69, 9.17) is 16.3 Å². The number of carbonyl (C=O) groups is 2. The second-order valence-corrected chi connectivity index (χ2v) is 6.48. The summed E-state index contributed by atoms with van der Waals surface area (Å²) in [5.74, 6) is -0.538. The number of hydrazine groups is 1. The Bertz CT molecular complexity index is 1020. The highest BCUT2D eigenvalue weighted by atomic mass is 35.5. The third-order valence-electron chi connectivity index (χ3n) is 3.99. The van der Waals surface area contributed by atoms with Crippen molar-refractivity contribution in [1.82, 2.24) is 10.9 Å². The van der Waals surface area contributed by atoms with Gasteiger partial charge in [-0.25, -0.2) is 0 Å². The van der Waals surface area contributed by atoms with Crippen LogP contribution in [0.3, 0.4) is 0 Å². The second-order valence-electron chi connectivity index (χ2n) is 6.07. The molecule has 6 heteroatoms. The van der Waals surface area contributed by atoms with Gasteiger partial charge in [-0.3, -0.25) is 20.4 Å². The lowest BCUT2D eigenvalue weighted by molar-refractivity contribution is -0.117. The van der Waals surface area contributed by atoms with Gasteiger partial charge in [0.1, 0.15) is 12.4 Å². The van der Waals surface area contributed by atoms with Crippen LogP contribution in [0.15, 0.2) is 84.9 Å². The predicted octanol–water partition coefficient (Wildman–Crippen LogP) is 4.39. The quantitative estimate of drug-likeness (QED) is 0.471. The van der Waals surface area contributed by atoms with Crippen molar-refractivity contribution >= 4 is 29.5 Å². The Morgan fingerprint density at radius 1 is 0.862 bits per heavy atom. The zero-order valence-electron chi connectivity index (χ0n) is 15.5. The summed E-state index contributed by atoms with van der Waals surface area (Å²) < 4.78 is 5.77. The standard InChI is InChI=1S/C23H19ClN2O3/c24-20-12-6-4-10-18(20)14-15-22(27)25-26-23(28)19-11-5-7-13-21(19)29-16-17-8-2-1-3-9-17/h1-15H,16H2,(H,25,27)(H,26,28)/b15-14+. The molecule has 0 radical (unpaired) electrons. The van der Waals surface area contributed by atoms with Crippen LogP contribution in [0, 0.1) is 0 Å². The number of benzene rings is 3. The first-order valence-corrected chi connectivity index (χ1v) is 9.30. The van der Waals surface area contributed by atoms with Crippen LogP contribution in [0.25, 0.3) is 6.08 Å². The monoisotopic (exact) mass is 406 g/mol. The Labute approximate surface area is 173 Å². The van der Waals surface area contributed by atoms with Gasteiger partial charge in [-0.2, -0.15) is 0 Å². The van der Waals surface area contributed by atoms with E-state index in [2.05, 4.69) is 10.9 Å². The van der Waals surface area contributed by atoms with Gasteiger partial charge in [0.05, 0.1) is 5.56 Å². The first-order valence-electron chi connectivity index (χ1n) is 8.92. The summed E-state index contributed by atoms with van der Waals surface area (Å²) in [7, 11) is 0. The van der Waals surface area contributed by atoms with Gasteiger partial charge < -0.3 is 4.74 Å². The molecule has 2 amide bonds. The lowest BCUT2D eigenvalue weighted by atomic mass is 10.2. The SMILES string of the molecule is O=C(/C=C/c1ccccc1Cl)NNC(=O)c1ccccc1OCc1ccccc1. The van der Waals surface area contributed by atoms with Crippen LogP contribution in [-0.2, 0) is 11.4 Å². The summed E-state index contributed by atoms with van der Waals surface area (Å²) in [5.41, 5.74) is 6.74. The molecule has 3 aromatic rings. The van der Waals surface area contributed by atoms with Crippen LogP contribution < -0.4 is 15.6 Å². The highest BCUT2D eigenvalue weighted by Crippen LogP contribution is 2.19. The highest BCUT2D eigenvalue weighted by Gasteiger charge is 2.12. The van der Waals surface area contributed by atoms with Gasteiger partial charge in [-0.05, 0) is 35.4 Å². The van der Waals surface area contributed by atoms with Crippen molar-refractivity contribution in [2.75, 3.05) is 0 Å². The average Bonchev–Trinajstić information content (AvgIpc) is 2.76. The molecule has 0 aliphatic rings. The molecular formula is C23H19ClN2O3. The van der Waals surface area contributed by atoms with Gasteiger partial charge in [-0.1, -0.05) is 72.3 Å². The van der Waals surface area contributed by atoms with E-state index in [1.165, 1.54) is 6.08 Å². The third-order valence-corrected chi connectivity index (χ3v) is 4.33. The van der Waals surface area contributed by atoms with Crippen LogP contribution >= 0.6 is 11.6 Å².